The van der Waals surface area contributed by atoms with Crippen molar-refractivity contribution in [1.82, 2.24) is 4.90 Å². The Morgan fingerprint density at radius 2 is 2.05 bits per heavy atom. The van der Waals surface area contributed by atoms with E-state index in [1.165, 1.54) is 7.11 Å². The van der Waals surface area contributed by atoms with Crippen LogP contribution in [0.15, 0.2) is 24.3 Å². The number of esters is 1. The van der Waals surface area contributed by atoms with Crippen LogP contribution in [0, 0.1) is 0 Å². The van der Waals surface area contributed by atoms with Gasteiger partial charge in [0, 0.05) is 13.1 Å². The van der Waals surface area contributed by atoms with Gasteiger partial charge >= 0.3 is 5.97 Å². The number of nitrogens with zero attached hydrogens (tertiary/aromatic N) is 1. The third kappa shape index (κ3) is 4.19. The molecule has 1 heterocycles. The third-order valence-electron chi connectivity index (χ3n) is 3.23. The molecule has 1 aliphatic heterocycles. The SMILES string of the molecule is COC(=O)c1ccc(OCC(=O)N2CCOC(C)C2)cc1. The van der Waals surface area contributed by atoms with E-state index in [-0.39, 0.29) is 18.6 Å². The van der Waals surface area contributed by atoms with Crippen LogP contribution < -0.4 is 4.74 Å². The molecule has 1 unspecified atom stereocenters. The molecule has 1 atom stereocenters. The van der Waals surface area contributed by atoms with E-state index in [9.17, 15) is 9.59 Å². The van der Waals surface area contributed by atoms with Gasteiger partial charge in [-0.25, -0.2) is 4.79 Å². The van der Waals surface area contributed by atoms with E-state index in [0.717, 1.165) is 0 Å². The Kier molecular flexibility index (Phi) is 5.16. The number of methoxy groups -OCH3 is 1. The summed E-state index contributed by atoms with van der Waals surface area (Å²) in [7, 11) is 1.33. The highest BCUT2D eigenvalue weighted by Gasteiger charge is 2.21. The molecule has 0 aliphatic carbocycles. The molecular weight excluding hydrogens is 274 g/mol. The van der Waals surface area contributed by atoms with E-state index in [2.05, 4.69) is 4.74 Å². The first-order valence-corrected chi connectivity index (χ1v) is 6.80. The summed E-state index contributed by atoms with van der Waals surface area (Å²) in [5.41, 5.74) is 0.443. The molecule has 1 fully saturated rings. The maximum absolute atomic E-state index is 12.0. The monoisotopic (exact) mass is 293 g/mol. The van der Waals surface area contributed by atoms with Crippen molar-refractivity contribution >= 4 is 11.9 Å². The number of benzene rings is 1. The molecule has 0 saturated carbocycles. The standard InChI is InChI=1S/C15H19NO5/c1-11-9-16(7-8-20-11)14(17)10-21-13-5-3-12(4-6-13)15(18)19-2/h3-6,11H,7-10H2,1-2H3. The quantitative estimate of drug-likeness (QED) is 0.778. The Morgan fingerprint density at radius 3 is 2.67 bits per heavy atom. The Morgan fingerprint density at radius 1 is 1.33 bits per heavy atom. The van der Waals surface area contributed by atoms with Gasteiger partial charge in [-0.15, -0.1) is 0 Å². The average Bonchev–Trinajstić information content (AvgIpc) is 2.52. The van der Waals surface area contributed by atoms with Crippen molar-refractivity contribution in [3.63, 3.8) is 0 Å². The van der Waals surface area contributed by atoms with Gasteiger partial charge in [-0.1, -0.05) is 0 Å². The van der Waals surface area contributed by atoms with Crippen LogP contribution in [0.1, 0.15) is 17.3 Å². The lowest BCUT2D eigenvalue weighted by atomic mass is 10.2. The van der Waals surface area contributed by atoms with Crippen molar-refractivity contribution in [3.8, 4) is 5.75 Å². The minimum absolute atomic E-state index is 0.0235. The van der Waals surface area contributed by atoms with Crippen molar-refractivity contribution in [2.45, 2.75) is 13.0 Å². The summed E-state index contributed by atoms with van der Waals surface area (Å²) >= 11 is 0. The van der Waals surface area contributed by atoms with Gasteiger partial charge in [-0.2, -0.15) is 0 Å². The van der Waals surface area contributed by atoms with Crippen LogP contribution in [0.3, 0.4) is 0 Å². The molecule has 0 radical (unpaired) electrons. The van der Waals surface area contributed by atoms with Gasteiger partial charge in [0.05, 0.1) is 25.4 Å². The predicted molar refractivity (Wildman–Crippen MR) is 75.3 cm³/mol. The molecule has 114 valence electrons. The maximum Gasteiger partial charge on any atom is 0.337 e. The molecule has 0 bridgehead atoms. The second kappa shape index (κ2) is 7.08. The summed E-state index contributed by atoms with van der Waals surface area (Å²) < 4.78 is 15.4. The van der Waals surface area contributed by atoms with Gasteiger partial charge in [-0.05, 0) is 31.2 Å². The van der Waals surface area contributed by atoms with Gasteiger partial charge < -0.3 is 19.1 Å². The van der Waals surface area contributed by atoms with Gasteiger partial charge in [0.25, 0.3) is 5.91 Å². The van der Waals surface area contributed by atoms with Crippen molar-refractivity contribution in [3.05, 3.63) is 29.8 Å². The van der Waals surface area contributed by atoms with Crippen LogP contribution in [-0.2, 0) is 14.3 Å². The molecule has 0 N–H and O–H groups in total. The molecule has 1 aliphatic rings. The highest BCUT2D eigenvalue weighted by atomic mass is 16.5. The van der Waals surface area contributed by atoms with Crippen LogP contribution in [0.5, 0.6) is 5.75 Å². The fourth-order valence-electron chi connectivity index (χ4n) is 2.09. The lowest BCUT2D eigenvalue weighted by Gasteiger charge is -2.31. The first kappa shape index (κ1) is 15.3. The van der Waals surface area contributed by atoms with Crippen molar-refractivity contribution in [1.29, 1.82) is 0 Å². The molecule has 1 aromatic rings. The zero-order valence-electron chi connectivity index (χ0n) is 12.2. The summed E-state index contributed by atoms with van der Waals surface area (Å²) in [5, 5.41) is 0. The highest BCUT2D eigenvalue weighted by Crippen LogP contribution is 2.13. The van der Waals surface area contributed by atoms with Crippen molar-refractivity contribution in [2.24, 2.45) is 0 Å². The van der Waals surface area contributed by atoms with Crippen molar-refractivity contribution in [2.75, 3.05) is 33.4 Å². The Labute approximate surface area is 123 Å². The molecule has 21 heavy (non-hydrogen) atoms. The van der Waals surface area contributed by atoms with E-state index in [1.54, 1.807) is 29.2 Å². The number of carbonyl (C=O) groups excluding carboxylic acids is 2. The number of amides is 1. The third-order valence-corrected chi connectivity index (χ3v) is 3.23. The average molecular weight is 293 g/mol. The minimum atomic E-state index is -0.403. The van der Waals surface area contributed by atoms with E-state index in [1.807, 2.05) is 6.92 Å². The van der Waals surface area contributed by atoms with Crippen LogP contribution in [0.2, 0.25) is 0 Å². The van der Waals surface area contributed by atoms with Crippen LogP contribution in [-0.4, -0.2) is 56.3 Å². The summed E-state index contributed by atoms with van der Waals surface area (Å²) in [5.74, 6) is 0.0689. The zero-order valence-corrected chi connectivity index (χ0v) is 12.2. The van der Waals surface area contributed by atoms with Crippen LogP contribution in [0.4, 0.5) is 0 Å². The largest absolute Gasteiger partial charge is 0.484 e. The van der Waals surface area contributed by atoms with Gasteiger partial charge in [0.15, 0.2) is 6.61 Å². The Balaban J connectivity index is 1.85. The molecule has 1 amide bonds. The number of ether oxygens (including phenoxy) is 3. The van der Waals surface area contributed by atoms with Crippen LogP contribution in [0.25, 0.3) is 0 Å². The normalized spacial score (nSPS) is 18.2. The first-order valence-electron chi connectivity index (χ1n) is 6.80. The Bertz CT molecular complexity index is 499. The minimum Gasteiger partial charge on any atom is -0.484 e. The Hall–Kier alpha value is -2.08. The predicted octanol–water partition coefficient (Wildman–Crippen LogP) is 1.10. The van der Waals surface area contributed by atoms with Crippen molar-refractivity contribution < 1.29 is 23.8 Å². The fraction of sp³-hybridized carbons (Fsp3) is 0.467. The molecule has 2 rings (SSSR count). The first-order chi connectivity index (χ1) is 10.1. The lowest BCUT2D eigenvalue weighted by Crippen LogP contribution is -2.46. The summed E-state index contributed by atoms with van der Waals surface area (Å²) in [6.45, 7) is 3.65. The second-order valence-corrected chi connectivity index (χ2v) is 4.83. The number of rotatable bonds is 4. The van der Waals surface area contributed by atoms with Gasteiger partial charge in [0.1, 0.15) is 5.75 Å². The lowest BCUT2D eigenvalue weighted by molar-refractivity contribution is -0.140. The van der Waals surface area contributed by atoms with Gasteiger partial charge in [0.2, 0.25) is 0 Å². The summed E-state index contributed by atoms with van der Waals surface area (Å²) in [6, 6.07) is 6.48. The summed E-state index contributed by atoms with van der Waals surface area (Å²) in [6.07, 6.45) is 0.0574. The fourth-order valence-corrected chi connectivity index (χ4v) is 2.09. The molecule has 0 aromatic heterocycles. The second-order valence-electron chi connectivity index (χ2n) is 4.83. The number of hydrogen-bond acceptors (Lipinski definition) is 5. The van der Waals surface area contributed by atoms with E-state index in [4.69, 9.17) is 9.47 Å². The number of morpholine rings is 1. The van der Waals surface area contributed by atoms with E-state index >= 15 is 0 Å². The number of hydrogen-bond donors (Lipinski definition) is 0. The molecule has 1 saturated heterocycles. The highest BCUT2D eigenvalue weighted by molar-refractivity contribution is 5.89. The molecular formula is C15H19NO5. The van der Waals surface area contributed by atoms with E-state index in [0.29, 0.717) is 31.0 Å². The van der Waals surface area contributed by atoms with Gasteiger partial charge in [-0.3, -0.25) is 4.79 Å². The molecule has 6 nitrogen and oxygen atoms in total. The molecule has 6 heteroatoms. The van der Waals surface area contributed by atoms with E-state index < -0.39 is 5.97 Å². The zero-order chi connectivity index (χ0) is 15.2. The topological polar surface area (TPSA) is 65.1 Å². The van der Waals surface area contributed by atoms with Crippen LogP contribution >= 0.6 is 0 Å². The summed E-state index contributed by atoms with van der Waals surface area (Å²) in [4.78, 5) is 25.0. The molecule has 1 aromatic carbocycles. The molecule has 0 spiro atoms. The smallest absolute Gasteiger partial charge is 0.337 e. The number of carbonyl (C=O) groups is 2. The maximum atomic E-state index is 12.0.